The molecule has 12 heavy (non-hydrogen) atoms. The molecule has 7 nitrogen and oxygen atoms in total. The lowest BCUT2D eigenvalue weighted by molar-refractivity contribution is -0.276. The standard InChI is InChI=1S/C5H2N6O/c6-10-3-1-7-5-8-2-9-11(5)4(3)12/h1-2H. The van der Waals surface area contributed by atoms with Gasteiger partial charge in [-0.15, -0.1) is 0 Å². The summed E-state index contributed by atoms with van der Waals surface area (Å²) in [4.78, 5) is 10.1. The molecule has 0 radical (unpaired) electrons. The lowest BCUT2D eigenvalue weighted by Crippen LogP contribution is -2.01. The zero-order chi connectivity index (χ0) is 8.55. The average molecular weight is 162 g/mol. The highest BCUT2D eigenvalue weighted by molar-refractivity contribution is 5.53. The molecule has 0 unspecified atom stereocenters. The number of aromatic nitrogens is 4. The molecule has 0 atom stereocenters. The van der Waals surface area contributed by atoms with Gasteiger partial charge in [0.2, 0.25) is 5.39 Å². The van der Waals surface area contributed by atoms with Crippen molar-refractivity contribution in [2.45, 2.75) is 0 Å². The van der Waals surface area contributed by atoms with Gasteiger partial charge in [0.15, 0.2) is 4.98 Å². The van der Waals surface area contributed by atoms with Crippen molar-refractivity contribution in [2.24, 2.45) is 0 Å². The fourth-order valence-corrected chi connectivity index (χ4v) is 0.818. The molecule has 2 heterocycles. The van der Waals surface area contributed by atoms with Crippen molar-refractivity contribution in [2.75, 3.05) is 0 Å². The Morgan fingerprint density at radius 3 is 3.08 bits per heavy atom. The Morgan fingerprint density at radius 2 is 2.33 bits per heavy atom. The third-order valence-corrected chi connectivity index (χ3v) is 1.35. The van der Waals surface area contributed by atoms with E-state index in [4.69, 9.17) is 5.39 Å². The first kappa shape index (κ1) is 6.48. The van der Waals surface area contributed by atoms with Crippen molar-refractivity contribution in [1.82, 2.24) is 19.6 Å². The Hall–Kier alpha value is -2.23. The van der Waals surface area contributed by atoms with Gasteiger partial charge in [-0.2, -0.15) is 10.1 Å². The molecule has 2 aromatic heterocycles. The van der Waals surface area contributed by atoms with Crippen molar-refractivity contribution in [3.05, 3.63) is 17.5 Å². The molecule has 0 bridgehead atoms. The van der Waals surface area contributed by atoms with Crippen molar-refractivity contribution < 1.29 is 5.11 Å². The Kier molecular flexibility index (Phi) is 1.15. The van der Waals surface area contributed by atoms with Gasteiger partial charge < -0.3 is 5.11 Å². The lowest BCUT2D eigenvalue weighted by atomic mass is 10.5. The predicted octanol–water partition coefficient (Wildman–Crippen LogP) is -0.318. The first-order chi connectivity index (χ1) is 5.83. The van der Waals surface area contributed by atoms with Gasteiger partial charge in [-0.1, -0.05) is 0 Å². The van der Waals surface area contributed by atoms with E-state index in [2.05, 4.69) is 20.0 Å². The van der Waals surface area contributed by atoms with Crippen LogP contribution in [0.3, 0.4) is 0 Å². The Bertz CT molecular complexity index is 468. The Balaban J connectivity index is 2.89. The quantitative estimate of drug-likeness (QED) is 0.495. The van der Waals surface area contributed by atoms with Crippen LogP contribution in [0, 0.1) is 5.39 Å². The van der Waals surface area contributed by atoms with Gasteiger partial charge in [-0.3, -0.25) is 0 Å². The first-order valence-corrected chi connectivity index (χ1v) is 3.04. The van der Waals surface area contributed by atoms with E-state index in [1.807, 2.05) is 0 Å². The predicted molar refractivity (Wildman–Crippen MR) is 35.0 cm³/mol. The van der Waals surface area contributed by atoms with E-state index in [0.29, 0.717) is 0 Å². The van der Waals surface area contributed by atoms with Crippen LogP contribution in [0.4, 0.5) is 5.69 Å². The Labute approximate surface area is 65.9 Å². The third-order valence-electron chi connectivity index (χ3n) is 1.35. The molecular formula is C5H2N6O. The zero-order valence-corrected chi connectivity index (χ0v) is 5.75. The van der Waals surface area contributed by atoms with E-state index in [0.717, 1.165) is 10.7 Å². The number of rotatable bonds is 0. The topological polar surface area (TPSA) is 94.3 Å². The van der Waals surface area contributed by atoms with Crippen LogP contribution in [0.5, 0.6) is 5.88 Å². The minimum absolute atomic E-state index is 0.159. The summed E-state index contributed by atoms with van der Waals surface area (Å²) in [6, 6.07) is 0. The number of nitrogens with zero attached hydrogens (tertiary/aromatic N) is 6. The Morgan fingerprint density at radius 1 is 1.50 bits per heavy atom. The molecule has 0 N–H and O–H groups in total. The lowest BCUT2D eigenvalue weighted by Gasteiger charge is -2.00. The smallest absolute Gasteiger partial charge is 0.414 e. The summed E-state index contributed by atoms with van der Waals surface area (Å²) in [6.07, 6.45) is 2.33. The molecule has 2 rings (SSSR count). The maximum absolute atomic E-state index is 11.2. The highest BCUT2D eigenvalue weighted by Crippen LogP contribution is 2.20. The van der Waals surface area contributed by atoms with Gasteiger partial charge in [-0.25, -0.2) is 9.50 Å². The van der Waals surface area contributed by atoms with Crippen LogP contribution in [0.2, 0.25) is 0 Å². The van der Waals surface area contributed by atoms with E-state index in [-0.39, 0.29) is 11.5 Å². The second-order valence-electron chi connectivity index (χ2n) is 2.02. The SMILES string of the molecule is N#[N+]c1cnc2ncnn2c1[O-]. The molecule has 0 aromatic carbocycles. The normalized spacial score (nSPS) is 9.92. The van der Waals surface area contributed by atoms with Crippen LogP contribution < -0.4 is 5.11 Å². The molecule has 58 valence electrons. The van der Waals surface area contributed by atoms with E-state index in [1.54, 1.807) is 0 Å². The summed E-state index contributed by atoms with van der Waals surface area (Å²) in [6.45, 7) is 0. The maximum Gasteiger partial charge on any atom is 0.414 e. The van der Waals surface area contributed by atoms with Crippen LogP contribution in [0.25, 0.3) is 10.8 Å². The molecule has 0 aliphatic rings. The van der Waals surface area contributed by atoms with E-state index < -0.39 is 5.88 Å². The molecule has 0 aliphatic heterocycles. The summed E-state index contributed by atoms with van der Waals surface area (Å²) < 4.78 is 0.953. The van der Waals surface area contributed by atoms with E-state index in [9.17, 15) is 5.11 Å². The van der Waals surface area contributed by atoms with Gasteiger partial charge in [-0.05, 0) is 0 Å². The van der Waals surface area contributed by atoms with Crippen molar-refractivity contribution in [1.29, 1.82) is 5.39 Å². The summed E-state index contributed by atoms with van der Waals surface area (Å²) in [5.74, 6) is -0.354. The second kappa shape index (κ2) is 2.13. The minimum atomic E-state index is -0.542. The highest BCUT2D eigenvalue weighted by atomic mass is 16.3. The molecule has 0 spiro atoms. The molecule has 0 aliphatic carbocycles. The molecular weight excluding hydrogens is 160 g/mol. The fourth-order valence-electron chi connectivity index (χ4n) is 0.818. The van der Waals surface area contributed by atoms with Crippen LogP contribution in [0.15, 0.2) is 12.5 Å². The number of fused-ring (bicyclic) bond motifs is 1. The van der Waals surface area contributed by atoms with Gasteiger partial charge in [0, 0.05) is 0 Å². The number of diazo groups is 1. The molecule has 0 amide bonds. The van der Waals surface area contributed by atoms with E-state index >= 15 is 0 Å². The van der Waals surface area contributed by atoms with Crippen molar-refractivity contribution in [3.8, 4) is 5.88 Å². The minimum Gasteiger partial charge on any atom is -0.853 e. The fraction of sp³-hybridized carbons (Fsp3) is 0. The first-order valence-electron chi connectivity index (χ1n) is 3.04. The summed E-state index contributed by atoms with van der Waals surface area (Å²) >= 11 is 0. The molecule has 0 saturated carbocycles. The summed E-state index contributed by atoms with van der Waals surface area (Å²) in [7, 11) is 0. The van der Waals surface area contributed by atoms with Gasteiger partial charge in [0.05, 0.1) is 5.88 Å². The molecule has 0 saturated heterocycles. The largest absolute Gasteiger partial charge is 0.853 e. The van der Waals surface area contributed by atoms with Crippen molar-refractivity contribution in [3.63, 3.8) is 0 Å². The molecule has 0 fully saturated rings. The highest BCUT2D eigenvalue weighted by Gasteiger charge is 2.10. The number of hydrogen-bond acceptors (Lipinski definition) is 5. The average Bonchev–Trinajstić information content (AvgIpc) is 2.53. The number of hydrogen-bond donors (Lipinski definition) is 0. The van der Waals surface area contributed by atoms with E-state index in [1.165, 1.54) is 6.33 Å². The van der Waals surface area contributed by atoms with Gasteiger partial charge in [0.25, 0.3) is 5.78 Å². The third kappa shape index (κ3) is 0.687. The van der Waals surface area contributed by atoms with Gasteiger partial charge in [0.1, 0.15) is 12.5 Å². The monoisotopic (exact) mass is 162 g/mol. The summed E-state index contributed by atoms with van der Waals surface area (Å²) in [5.41, 5.74) is -0.159. The van der Waals surface area contributed by atoms with Crippen LogP contribution in [-0.4, -0.2) is 19.6 Å². The molecule has 7 heteroatoms. The molecule has 2 aromatic rings. The van der Waals surface area contributed by atoms with Crippen molar-refractivity contribution >= 4 is 11.5 Å². The van der Waals surface area contributed by atoms with Crippen LogP contribution in [0.1, 0.15) is 0 Å². The zero-order valence-electron chi connectivity index (χ0n) is 5.75. The van der Waals surface area contributed by atoms with Crippen LogP contribution >= 0.6 is 0 Å². The van der Waals surface area contributed by atoms with Crippen LogP contribution in [-0.2, 0) is 0 Å². The maximum atomic E-state index is 11.2. The second-order valence-corrected chi connectivity index (χ2v) is 2.02. The van der Waals surface area contributed by atoms with Gasteiger partial charge >= 0.3 is 5.69 Å². The summed E-state index contributed by atoms with van der Waals surface area (Å²) in [5, 5.41) is 23.1.